The molecule has 0 unspecified atom stereocenters. The minimum Gasteiger partial charge on any atom is -0.375 e. The summed E-state index contributed by atoms with van der Waals surface area (Å²) >= 11 is 14.9. The summed E-state index contributed by atoms with van der Waals surface area (Å²) in [5.41, 5.74) is 0.358. The molecule has 1 aromatic carbocycles. The Hall–Kier alpha value is -0.660. The second-order valence-corrected chi connectivity index (χ2v) is 5.08. The van der Waals surface area contributed by atoms with Crippen LogP contribution in [0.3, 0.4) is 0 Å². The number of alkyl halides is 3. The lowest BCUT2D eigenvalue weighted by atomic mass is 10.3. The monoisotopic (exact) mass is 378 g/mol. The van der Waals surface area contributed by atoms with Crippen LogP contribution in [0, 0.1) is 0 Å². The van der Waals surface area contributed by atoms with Crippen molar-refractivity contribution in [1.29, 1.82) is 0 Å². The van der Waals surface area contributed by atoms with Crippen molar-refractivity contribution in [3.63, 3.8) is 0 Å². The molecule has 0 radical (unpaired) electrons. The lowest BCUT2D eigenvalue weighted by Crippen LogP contribution is -2.37. The molecule has 0 saturated heterocycles. The highest BCUT2D eigenvalue weighted by Crippen LogP contribution is 2.35. The molecular formula is C10H8BrCl2F3N2O. The lowest BCUT2D eigenvalue weighted by molar-refractivity contribution is -0.137. The first-order valence-electron chi connectivity index (χ1n) is 4.91. The number of anilines is 1. The van der Waals surface area contributed by atoms with Crippen LogP contribution < -0.4 is 10.6 Å². The molecule has 1 aromatic rings. The van der Waals surface area contributed by atoms with Crippen LogP contribution in [0.25, 0.3) is 0 Å². The van der Waals surface area contributed by atoms with Crippen molar-refractivity contribution >= 4 is 50.7 Å². The van der Waals surface area contributed by atoms with Crippen molar-refractivity contribution < 1.29 is 18.0 Å². The van der Waals surface area contributed by atoms with E-state index in [4.69, 9.17) is 23.2 Å². The van der Waals surface area contributed by atoms with E-state index in [9.17, 15) is 18.0 Å². The predicted octanol–water partition coefficient (Wildman–Crippen LogP) is 3.85. The molecule has 0 spiro atoms. The van der Waals surface area contributed by atoms with Gasteiger partial charge in [0.25, 0.3) is 0 Å². The average Bonchev–Trinajstić information content (AvgIpc) is 2.32. The molecule has 106 valence electrons. The van der Waals surface area contributed by atoms with Gasteiger partial charge in [0.05, 0.1) is 22.3 Å². The second kappa shape index (κ2) is 6.67. The zero-order valence-corrected chi connectivity index (χ0v) is 12.3. The molecule has 0 aliphatic rings. The molecule has 0 saturated carbocycles. The summed E-state index contributed by atoms with van der Waals surface area (Å²) in [7, 11) is 0. The minimum atomic E-state index is -4.44. The summed E-state index contributed by atoms with van der Waals surface area (Å²) in [5.74, 6) is -0.799. The van der Waals surface area contributed by atoms with Crippen LogP contribution in [-0.2, 0) is 4.79 Å². The Balaban J connectivity index is 2.54. The van der Waals surface area contributed by atoms with Crippen LogP contribution in [0.2, 0.25) is 10.0 Å². The van der Waals surface area contributed by atoms with Gasteiger partial charge in [-0.3, -0.25) is 4.79 Å². The molecule has 0 aromatic heterocycles. The van der Waals surface area contributed by atoms with E-state index in [2.05, 4.69) is 21.2 Å². The van der Waals surface area contributed by atoms with Gasteiger partial charge < -0.3 is 10.6 Å². The van der Waals surface area contributed by atoms with E-state index in [0.717, 1.165) is 0 Å². The van der Waals surface area contributed by atoms with Crippen LogP contribution in [-0.4, -0.2) is 25.2 Å². The molecule has 3 nitrogen and oxygen atoms in total. The largest absolute Gasteiger partial charge is 0.405 e. The number of benzene rings is 1. The fourth-order valence-electron chi connectivity index (χ4n) is 1.10. The Morgan fingerprint density at radius 3 is 2.47 bits per heavy atom. The first-order chi connectivity index (χ1) is 8.70. The summed E-state index contributed by atoms with van der Waals surface area (Å²) in [6.07, 6.45) is -4.44. The summed E-state index contributed by atoms with van der Waals surface area (Å²) in [6, 6.07) is 3.15. The first-order valence-corrected chi connectivity index (χ1v) is 6.46. The molecular weight excluding hydrogens is 372 g/mol. The van der Waals surface area contributed by atoms with E-state index < -0.39 is 18.6 Å². The van der Waals surface area contributed by atoms with Crippen LogP contribution in [0.4, 0.5) is 18.9 Å². The van der Waals surface area contributed by atoms with Gasteiger partial charge >= 0.3 is 6.18 Å². The summed E-state index contributed by atoms with van der Waals surface area (Å²) in [4.78, 5) is 11.2. The number of carbonyl (C=O) groups is 1. The Kier molecular flexibility index (Phi) is 5.76. The average molecular weight is 380 g/mol. The maximum absolute atomic E-state index is 11.9. The number of nitrogens with one attached hydrogen (secondary N) is 2. The summed E-state index contributed by atoms with van der Waals surface area (Å²) < 4.78 is 36.2. The van der Waals surface area contributed by atoms with E-state index >= 15 is 0 Å². The second-order valence-electron chi connectivity index (χ2n) is 3.47. The zero-order chi connectivity index (χ0) is 14.6. The van der Waals surface area contributed by atoms with Crippen molar-refractivity contribution in [2.24, 2.45) is 0 Å². The highest BCUT2D eigenvalue weighted by Gasteiger charge is 2.27. The van der Waals surface area contributed by atoms with Crippen molar-refractivity contribution in [3.05, 3.63) is 26.7 Å². The SMILES string of the molecule is O=C(CNc1ccc(Br)c(Cl)c1Cl)NCC(F)(F)F. The minimum absolute atomic E-state index is 0.180. The van der Waals surface area contributed by atoms with Gasteiger partial charge in [0.2, 0.25) is 5.91 Å². The highest BCUT2D eigenvalue weighted by molar-refractivity contribution is 9.10. The number of rotatable bonds is 4. The van der Waals surface area contributed by atoms with E-state index in [-0.39, 0.29) is 16.6 Å². The zero-order valence-electron chi connectivity index (χ0n) is 9.24. The number of hydrogen-bond acceptors (Lipinski definition) is 2. The smallest absolute Gasteiger partial charge is 0.375 e. The number of halogens is 6. The van der Waals surface area contributed by atoms with Crippen molar-refractivity contribution in [3.8, 4) is 0 Å². The molecule has 2 N–H and O–H groups in total. The predicted molar refractivity (Wildman–Crippen MR) is 71.7 cm³/mol. The molecule has 0 heterocycles. The van der Waals surface area contributed by atoms with Crippen LogP contribution in [0.15, 0.2) is 16.6 Å². The number of carbonyl (C=O) groups excluding carboxylic acids is 1. The quantitative estimate of drug-likeness (QED) is 0.780. The highest BCUT2D eigenvalue weighted by atomic mass is 79.9. The molecule has 0 aliphatic heterocycles. The Labute approximate surface area is 125 Å². The van der Waals surface area contributed by atoms with E-state index in [0.29, 0.717) is 10.2 Å². The lowest BCUT2D eigenvalue weighted by Gasteiger charge is -2.11. The van der Waals surface area contributed by atoms with E-state index in [1.165, 1.54) is 0 Å². The van der Waals surface area contributed by atoms with Crippen molar-refractivity contribution in [2.45, 2.75) is 6.18 Å². The topological polar surface area (TPSA) is 41.1 Å². The van der Waals surface area contributed by atoms with Crippen LogP contribution in [0.1, 0.15) is 0 Å². The fourth-order valence-corrected chi connectivity index (χ4v) is 1.94. The molecule has 0 atom stereocenters. The van der Waals surface area contributed by atoms with Gasteiger partial charge in [-0.2, -0.15) is 13.2 Å². The Bertz CT molecular complexity index is 483. The molecule has 19 heavy (non-hydrogen) atoms. The maximum Gasteiger partial charge on any atom is 0.405 e. The van der Waals surface area contributed by atoms with Gasteiger partial charge in [-0.05, 0) is 28.1 Å². The van der Waals surface area contributed by atoms with Gasteiger partial charge in [-0.15, -0.1) is 0 Å². The normalized spacial score (nSPS) is 11.3. The molecule has 1 amide bonds. The van der Waals surface area contributed by atoms with Gasteiger partial charge in [-0.1, -0.05) is 23.2 Å². The summed E-state index contributed by atoms with van der Waals surface area (Å²) in [5, 5.41) is 4.76. The third kappa shape index (κ3) is 5.46. The van der Waals surface area contributed by atoms with E-state index in [1.807, 2.05) is 0 Å². The summed E-state index contributed by atoms with van der Waals surface area (Å²) in [6.45, 7) is -1.71. The fraction of sp³-hybridized carbons (Fsp3) is 0.300. The van der Waals surface area contributed by atoms with Crippen LogP contribution >= 0.6 is 39.1 Å². The number of hydrogen-bond donors (Lipinski definition) is 2. The molecule has 0 fully saturated rings. The van der Waals surface area contributed by atoms with Gasteiger partial charge in [0, 0.05) is 4.47 Å². The number of amides is 1. The molecule has 1 rings (SSSR count). The van der Waals surface area contributed by atoms with Crippen molar-refractivity contribution in [1.82, 2.24) is 5.32 Å². The van der Waals surface area contributed by atoms with Crippen molar-refractivity contribution in [2.75, 3.05) is 18.4 Å². The van der Waals surface area contributed by atoms with Gasteiger partial charge in [0.1, 0.15) is 6.54 Å². The standard InChI is InChI=1S/C10H8BrCl2F3N2O/c11-5-1-2-6(9(13)8(5)12)17-3-7(19)18-4-10(14,15)16/h1-2,17H,3-4H2,(H,18,19). The Morgan fingerprint density at radius 1 is 1.26 bits per heavy atom. The molecule has 0 bridgehead atoms. The van der Waals surface area contributed by atoms with E-state index in [1.54, 1.807) is 17.4 Å². The first kappa shape index (κ1) is 16.4. The van der Waals surface area contributed by atoms with Crippen LogP contribution in [0.5, 0.6) is 0 Å². The Morgan fingerprint density at radius 2 is 1.89 bits per heavy atom. The van der Waals surface area contributed by atoms with Gasteiger partial charge in [-0.25, -0.2) is 0 Å². The molecule has 0 aliphatic carbocycles. The molecule has 9 heteroatoms. The third-order valence-corrected chi connectivity index (χ3v) is 3.73. The third-order valence-electron chi connectivity index (χ3n) is 1.96. The maximum atomic E-state index is 11.9. The van der Waals surface area contributed by atoms with Gasteiger partial charge in [0.15, 0.2) is 0 Å².